The van der Waals surface area contributed by atoms with E-state index in [-0.39, 0.29) is 11.2 Å². The first kappa shape index (κ1) is 10.6. The molecule has 1 unspecified atom stereocenters. The maximum absolute atomic E-state index is 12.7. The molecule has 1 N–H and O–H groups in total. The first-order valence-electron chi connectivity index (χ1n) is 5.40. The van der Waals surface area contributed by atoms with Gasteiger partial charge >= 0.3 is 0 Å². The Balaban J connectivity index is 2.11. The molecule has 0 aliphatic heterocycles. The van der Waals surface area contributed by atoms with Crippen LogP contribution in [0.25, 0.3) is 0 Å². The van der Waals surface area contributed by atoms with E-state index in [1.807, 2.05) is 6.92 Å². The summed E-state index contributed by atoms with van der Waals surface area (Å²) in [5.41, 5.74) is 0.376. The summed E-state index contributed by atoms with van der Waals surface area (Å²) in [6, 6.07) is 6.38. The molecule has 1 fully saturated rings. The van der Waals surface area contributed by atoms with Crippen LogP contribution in [0.2, 0.25) is 0 Å². The summed E-state index contributed by atoms with van der Waals surface area (Å²) in [5, 5.41) is 10.3. The molecule has 82 valence electrons. The van der Waals surface area contributed by atoms with Crippen LogP contribution in [0.1, 0.15) is 32.3 Å². The van der Waals surface area contributed by atoms with E-state index in [0.717, 1.165) is 18.4 Å². The smallest absolute Gasteiger partial charge is 0.123 e. The molecule has 1 atom stereocenters. The topological polar surface area (TPSA) is 20.2 Å². The molecule has 2 rings (SSSR count). The van der Waals surface area contributed by atoms with Gasteiger partial charge in [-0.05, 0) is 42.9 Å². The van der Waals surface area contributed by atoms with E-state index in [0.29, 0.717) is 6.42 Å². The second-order valence-corrected chi connectivity index (χ2v) is 5.14. The molecule has 2 heteroatoms. The lowest BCUT2D eigenvalue weighted by Crippen LogP contribution is -2.36. The predicted molar refractivity (Wildman–Crippen MR) is 58.1 cm³/mol. The van der Waals surface area contributed by atoms with Crippen molar-refractivity contribution in [1.82, 2.24) is 0 Å². The van der Waals surface area contributed by atoms with Crippen LogP contribution >= 0.6 is 0 Å². The third-order valence-corrected chi connectivity index (χ3v) is 3.76. The lowest BCUT2D eigenvalue weighted by Gasteiger charge is -2.30. The Morgan fingerprint density at radius 2 is 1.87 bits per heavy atom. The van der Waals surface area contributed by atoms with Gasteiger partial charge in [0, 0.05) is 6.42 Å². The summed E-state index contributed by atoms with van der Waals surface area (Å²) >= 11 is 0. The molecule has 1 nitrogen and oxygen atoms in total. The van der Waals surface area contributed by atoms with Gasteiger partial charge in [0.15, 0.2) is 0 Å². The number of rotatable bonds is 3. The zero-order chi connectivity index (χ0) is 11.1. The second-order valence-electron chi connectivity index (χ2n) is 5.14. The van der Waals surface area contributed by atoms with Crippen molar-refractivity contribution in [2.45, 2.75) is 38.7 Å². The molecule has 1 saturated carbocycles. The molecule has 0 heterocycles. The third-order valence-electron chi connectivity index (χ3n) is 3.76. The van der Waals surface area contributed by atoms with Crippen molar-refractivity contribution in [3.8, 4) is 0 Å². The van der Waals surface area contributed by atoms with E-state index in [1.54, 1.807) is 12.1 Å². The largest absolute Gasteiger partial charge is 0.389 e. The zero-order valence-corrected chi connectivity index (χ0v) is 9.26. The molecule has 0 amide bonds. The van der Waals surface area contributed by atoms with Crippen LogP contribution in [0.4, 0.5) is 4.39 Å². The summed E-state index contributed by atoms with van der Waals surface area (Å²) in [4.78, 5) is 0. The van der Waals surface area contributed by atoms with E-state index < -0.39 is 5.60 Å². The van der Waals surface area contributed by atoms with Gasteiger partial charge < -0.3 is 5.11 Å². The van der Waals surface area contributed by atoms with Crippen LogP contribution < -0.4 is 0 Å². The van der Waals surface area contributed by atoms with Gasteiger partial charge in [-0.2, -0.15) is 0 Å². The molecule has 1 aromatic rings. The Hall–Kier alpha value is -0.890. The van der Waals surface area contributed by atoms with Crippen LogP contribution in [0.15, 0.2) is 24.3 Å². The molecule has 0 aromatic heterocycles. The quantitative estimate of drug-likeness (QED) is 0.809. The minimum atomic E-state index is -0.676. The van der Waals surface area contributed by atoms with Gasteiger partial charge in [0.2, 0.25) is 0 Å². The van der Waals surface area contributed by atoms with Gasteiger partial charge in [-0.1, -0.05) is 19.1 Å². The molecule has 15 heavy (non-hydrogen) atoms. The number of hydrogen-bond acceptors (Lipinski definition) is 1. The molecule has 1 aromatic carbocycles. The van der Waals surface area contributed by atoms with Crippen molar-refractivity contribution < 1.29 is 9.50 Å². The highest BCUT2D eigenvalue weighted by Crippen LogP contribution is 2.54. The molecular weight excluding hydrogens is 191 g/mol. The zero-order valence-electron chi connectivity index (χ0n) is 9.26. The number of halogens is 1. The maximum Gasteiger partial charge on any atom is 0.123 e. The van der Waals surface area contributed by atoms with Crippen molar-refractivity contribution in [1.29, 1.82) is 0 Å². The summed E-state index contributed by atoms with van der Waals surface area (Å²) in [7, 11) is 0. The predicted octanol–water partition coefficient (Wildman–Crippen LogP) is 2.92. The standard InChI is InChI=1S/C13H17FO/c1-12(7-8-12)13(2,15)9-10-3-5-11(14)6-4-10/h3-6,15H,7-9H2,1-2H3. The van der Waals surface area contributed by atoms with Crippen LogP contribution in [0, 0.1) is 11.2 Å². The third kappa shape index (κ3) is 2.05. The Morgan fingerprint density at radius 3 is 2.33 bits per heavy atom. The number of aliphatic hydroxyl groups is 1. The fourth-order valence-corrected chi connectivity index (χ4v) is 1.94. The average Bonchev–Trinajstić information content (AvgIpc) is 2.89. The van der Waals surface area contributed by atoms with Crippen LogP contribution in [-0.2, 0) is 6.42 Å². The fourth-order valence-electron chi connectivity index (χ4n) is 1.94. The number of benzene rings is 1. The Kier molecular flexibility index (Phi) is 2.34. The average molecular weight is 208 g/mol. The van der Waals surface area contributed by atoms with Crippen LogP contribution in [0.3, 0.4) is 0 Å². The monoisotopic (exact) mass is 208 g/mol. The van der Waals surface area contributed by atoms with E-state index in [2.05, 4.69) is 6.92 Å². The maximum atomic E-state index is 12.7. The highest BCUT2D eigenvalue weighted by atomic mass is 19.1. The summed E-state index contributed by atoms with van der Waals surface area (Å²) in [6.07, 6.45) is 2.77. The first-order chi connectivity index (χ1) is 6.93. The van der Waals surface area contributed by atoms with Gasteiger partial charge in [-0.3, -0.25) is 0 Å². The highest BCUT2D eigenvalue weighted by Gasteiger charge is 2.51. The normalized spacial score (nSPS) is 22.1. The van der Waals surface area contributed by atoms with Crippen molar-refractivity contribution in [2.75, 3.05) is 0 Å². The van der Waals surface area contributed by atoms with Gasteiger partial charge in [-0.25, -0.2) is 4.39 Å². The van der Waals surface area contributed by atoms with Crippen molar-refractivity contribution in [3.05, 3.63) is 35.6 Å². The van der Waals surface area contributed by atoms with Crippen molar-refractivity contribution in [2.24, 2.45) is 5.41 Å². The molecule has 0 radical (unpaired) electrons. The Morgan fingerprint density at radius 1 is 1.33 bits per heavy atom. The summed E-state index contributed by atoms with van der Waals surface area (Å²) in [6.45, 7) is 3.99. The van der Waals surface area contributed by atoms with Gasteiger partial charge in [0.05, 0.1) is 5.60 Å². The fraction of sp³-hybridized carbons (Fsp3) is 0.538. The Bertz CT molecular complexity index is 349. The van der Waals surface area contributed by atoms with Crippen LogP contribution in [-0.4, -0.2) is 10.7 Å². The minimum Gasteiger partial charge on any atom is -0.389 e. The van der Waals surface area contributed by atoms with Gasteiger partial charge in [0.1, 0.15) is 5.82 Å². The lowest BCUT2D eigenvalue weighted by atomic mass is 9.82. The molecular formula is C13H17FO. The summed E-state index contributed by atoms with van der Waals surface area (Å²) in [5.74, 6) is -0.226. The molecule has 0 bridgehead atoms. The number of hydrogen-bond donors (Lipinski definition) is 1. The van der Waals surface area contributed by atoms with Crippen molar-refractivity contribution in [3.63, 3.8) is 0 Å². The lowest BCUT2D eigenvalue weighted by molar-refractivity contribution is -0.00703. The van der Waals surface area contributed by atoms with Gasteiger partial charge in [-0.15, -0.1) is 0 Å². The molecule has 1 aliphatic carbocycles. The highest BCUT2D eigenvalue weighted by molar-refractivity contribution is 5.20. The molecule has 1 aliphatic rings. The van der Waals surface area contributed by atoms with E-state index in [4.69, 9.17) is 0 Å². The Labute approximate surface area is 89.9 Å². The van der Waals surface area contributed by atoms with E-state index in [1.165, 1.54) is 12.1 Å². The van der Waals surface area contributed by atoms with Crippen LogP contribution in [0.5, 0.6) is 0 Å². The van der Waals surface area contributed by atoms with Gasteiger partial charge in [0.25, 0.3) is 0 Å². The molecule has 0 spiro atoms. The summed E-state index contributed by atoms with van der Waals surface area (Å²) < 4.78 is 12.7. The van der Waals surface area contributed by atoms with E-state index >= 15 is 0 Å². The molecule has 0 saturated heterocycles. The minimum absolute atomic E-state index is 0.0569. The second kappa shape index (κ2) is 3.31. The van der Waals surface area contributed by atoms with E-state index in [9.17, 15) is 9.50 Å². The SMILES string of the molecule is CC(O)(Cc1ccc(F)cc1)C1(C)CC1. The first-order valence-corrected chi connectivity index (χ1v) is 5.40. The van der Waals surface area contributed by atoms with Crippen molar-refractivity contribution >= 4 is 0 Å².